The molecule has 176 valence electrons. The van der Waals surface area contributed by atoms with Crippen LogP contribution in [-0.2, 0) is 23.3 Å². The van der Waals surface area contributed by atoms with Crippen molar-refractivity contribution in [2.24, 2.45) is 0 Å². The molecule has 0 saturated heterocycles. The number of hydrogen-bond donors (Lipinski definition) is 2. The Morgan fingerprint density at radius 3 is 2.67 bits per heavy atom. The minimum atomic E-state index is -0.609. The van der Waals surface area contributed by atoms with Crippen LogP contribution in [0.4, 0.5) is 5.69 Å². The molecular weight excluding hydrogens is 444 g/mol. The number of aryl methyl sites for hydroxylation is 1. The van der Waals surface area contributed by atoms with Gasteiger partial charge in [0, 0.05) is 31.1 Å². The molecule has 33 heavy (non-hydrogen) atoms. The second-order valence-corrected chi connectivity index (χ2v) is 9.00. The topological polar surface area (TPSA) is 101 Å². The molecule has 2 amide bonds. The molecule has 0 atom stereocenters. The van der Waals surface area contributed by atoms with Crippen LogP contribution in [0.3, 0.4) is 0 Å². The maximum atomic E-state index is 13.2. The number of halogens is 1. The summed E-state index contributed by atoms with van der Waals surface area (Å²) in [5.74, 6) is 0.525. The Labute approximate surface area is 197 Å². The van der Waals surface area contributed by atoms with Gasteiger partial charge in [-0.3, -0.25) is 9.59 Å². The van der Waals surface area contributed by atoms with Crippen LogP contribution in [0.1, 0.15) is 66.6 Å². The first-order chi connectivity index (χ1) is 15.9. The summed E-state index contributed by atoms with van der Waals surface area (Å²) < 4.78 is 11.5. The third-order valence-corrected chi connectivity index (χ3v) is 6.75. The van der Waals surface area contributed by atoms with Gasteiger partial charge < -0.3 is 24.5 Å². The lowest BCUT2D eigenvalue weighted by atomic mass is 9.75. The van der Waals surface area contributed by atoms with E-state index in [-0.39, 0.29) is 18.2 Å². The van der Waals surface area contributed by atoms with Crippen LogP contribution in [0.15, 0.2) is 27.1 Å². The standard InChI is InChI=1S/C24H29ClN4O4/c1-4-16-12-17(33-28-16)13-29(3)23(31)19-11-15-10-18(25)21(26-2)20(22(15)32-19)24(27-14-30)8-6-5-7-9-24/h10-12,14,26H,4-9,13H2,1-3H3,(H,27,30). The molecule has 0 unspecified atom stereocenters. The van der Waals surface area contributed by atoms with E-state index in [0.29, 0.717) is 22.1 Å². The van der Waals surface area contributed by atoms with Crippen LogP contribution in [0, 0.1) is 0 Å². The number of hydrogen-bond acceptors (Lipinski definition) is 6. The lowest BCUT2D eigenvalue weighted by Gasteiger charge is -2.38. The van der Waals surface area contributed by atoms with E-state index in [1.165, 1.54) is 4.90 Å². The molecule has 1 fully saturated rings. The number of aromatic nitrogens is 1. The van der Waals surface area contributed by atoms with Crippen molar-refractivity contribution in [2.75, 3.05) is 19.4 Å². The summed E-state index contributed by atoms with van der Waals surface area (Å²) >= 11 is 6.63. The van der Waals surface area contributed by atoms with Gasteiger partial charge in [-0.2, -0.15) is 0 Å². The molecule has 1 aliphatic rings. The first-order valence-corrected chi connectivity index (χ1v) is 11.7. The number of anilines is 1. The summed E-state index contributed by atoms with van der Waals surface area (Å²) in [5, 5.41) is 11.4. The van der Waals surface area contributed by atoms with Gasteiger partial charge in [-0.05, 0) is 31.4 Å². The fourth-order valence-electron chi connectivity index (χ4n) is 4.78. The molecule has 3 aromatic rings. The fourth-order valence-corrected chi connectivity index (χ4v) is 5.09. The smallest absolute Gasteiger partial charge is 0.289 e. The van der Waals surface area contributed by atoms with Gasteiger partial charge in [0.05, 0.1) is 28.5 Å². The van der Waals surface area contributed by atoms with Crippen molar-refractivity contribution >= 4 is 40.6 Å². The summed E-state index contributed by atoms with van der Waals surface area (Å²) in [4.78, 5) is 26.3. The van der Waals surface area contributed by atoms with Crippen LogP contribution in [0.25, 0.3) is 11.0 Å². The minimum absolute atomic E-state index is 0.199. The highest BCUT2D eigenvalue weighted by molar-refractivity contribution is 6.34. The number of fused-ring (bicyclic) bond motifs is 1. The molecule has 1 aliphatic carbocycles. The minimum Gasteiger partial charge on any atom is -0.450 e. The largest absolute Gasteiger partial charge is 0.450 e. The zero-order chi connectivity index (χ0) is 23.6. The number of amides is 2. The van der Waals surface area contributed by atoms with E-state index in [1.54, 1.807) is 26.2 Å². The van der Waals surface area contributed by atoms with Crippen molar-refractivity contribution in [1.82, 2.24) is 15.4 Å². The molecule has 1 saturated carbocycles. The van der Waals surface area contributed by atoms with Gasteiger partial charge in [0.1, 0.15) is 5.58 Å². The first-order valence-electron chi connectivity index (χ1n) is 11.3. The summed E-state index contributed by atoms with van der Waals surface area (Å²) in [5.41, 5.74) is 2.29. The zero-order valence-electron chi connectivity index (χ0n) is 19.2. The van der Waals surface area contributed by atoms with Crippen molar-refractivity contribution in [1.29, 1.82) is 0 Å². The zero-order valence-corrected chi connectivity index (χ0v) is 19.9. The van der Waals surface area contributed by atoms with Gasteiger partial charge in [-0.15, -0.1) is 0 Å². The average Bonchev–Trinajstić information content (AvgIpc) is 3.44. The van der Waals surface area contributed by atoms with Crippen molar-refractivity contribution < 1.29 is 18.5 Å². The number of carbonyl (C=O) groups excluding carboxylic acids is 2. The number of nitrogens with one attached hydrogen (secondary N) is 2. The van der Waals surface area contributed by atoms with E-state index in [0.717, 1.165) is 61.6 Å². The number of nitrogens with zero attached hydrogens (tertiary/aromatic N) is 2. The molecule has 2 N–H and O–H groups in total. The molecule has 0 spiro atoms. The number of rotatable bonds is 8. The Bertz CT molecular complexity index is 1160. The summed E-state index contributed by atoms with van der Waals surface area (Å²) in [6.07, 6.45) is 6.10. The van der Waals surface area contributed by atoms with Crippen LogP contribution in [-0.4, -0.2) is 36.5 Å². The Morgan fingerprint density at radius 2 is 2.03 bits per heavy atom. The van der Waals surface area contributed by atoms with Gasteiger partial charge in [0.2, 0.25) is 6.41 Å². The quantitative estimate of drug-likeness (QED) is 0.454. The highest BCUT2D eigenvalue weighted by Crippen LogP contribution is 2.47. The van der Waals surface area contributed by atoms with E-state index in [4.69, 9.17) is 20.5 Å². The first kappa shape index (κ1) is 23.2. The van der Waals surface area contributed by atoms with Crippen molar-refractivity contribution in [3.05, 3.63) is 46.0 Å². The van der Waals surface area contributed by atoms with Gasteiger partial charge in [0.15, 0.2) is 11.5 Å². The van der Waals surface area contributed by atoms with E-state index < -0.39 is 5.54 Å². The maximum Gasteiger partial charge on any atom is 0.289 e. The lowest BCUT2D eigenvalue weighted by molar-refractivity contribution is -0.111. The van der Waals surface area contributed by atoms with Gasteiger partial charge in [0.25, 0.3) is 5.91 Å². The van der Waals surface area contributed by atoms with Crippen LogP contribution in [0.2, 0.25) is 5.02 Å². The molecule has 0 aliphatic heterocycles. The Balaban J connectivity index is 1.75. The number of carbonyl (C=O) groups is 2. The SMILES string of the molecule is CCc1cc(CN(C)C(=O)c2cc3cc(Cl)c(NC)c(C4(NC=O)CCCCC4)c3o2)on1. The molecule has 4 rings (SSSR count). The highest BCUT2D eigenvalue weighted by Gasteiger charge is 2.39. The van der Waals surface area contributed by atoms with Crippen molar-refractivity contribution in [3.63, 3.8) is 0 Å². The van der Waals surface area contributed by atoms with Crippen molar-refractivity contribution in [2.45, 2.75) is 57.5 Å². The number of furan rings is 1. The van der Waals surface area contributed by atoms with E-state index >= 15 is 0 Å². The monoisotopic (exact) mass is 472 g/mol. The van der Waals surface area contributed by atoms with E-state index in [1.807, 2.05) is 13.0 Å². The molecular formula is C24H29ClN4O4. The lowest BCUT2D eigenvalue weighted by Crippen LogP contribution is -2.43. The normalized spacial score (nSPS) is 15.4. The fraction of sp³-hybridized carbons (Fsp3) is 0.458. The molecule has 2 aromatic heterocycles. The summed E-state index contributed by atoms with van der Waals surface area (Å²) in [6.45, 7) is 2.26. The van der Waals surface area contributed by atoms with Gasteiger partial charge in [-0.1, -0.05) is 42.9 Å². The molecule has 0 bridgehead atoms. The summed E-state index contributed by atoms with van der Waals surface area (Å²) in [6, 6.07) is 5.34. The molecule has 0 radical (unpaired) electrons. The Kier molecular flexibility index (Phi) is 6.65. The van der Waals surface area contributed by atoms with Gasteiger partial charge in [-0.25, -0.2) is 0 Å². The maximum absolute atomic E-state index is 13.2. The van der Waals surface area contributed by atoms with Gasteiger partial charge >= 0.3 is 0 Å². The van der Waals surface area contributed by atoms with Crippen LogP contribution in [0.5, 0.6) is 0 Å². The van der Waals surface area contributed by atoms with E-state index in [2.05, 4.69) is 15.8 Å². The second-order valence-electron chi connectivity index (χ2n) is 8.59. The van der Waals surface area contributed by atoms with Crippen LogP contribution >= 0.6 is 11.6 Å². The predicted molar refractivity (Wildman–Crippen MR) is 126 cm³/mol. The molecule has 2 heterocycles. The Hall–Kier alpha value is -3.00. The average molecular weight is 473 g/mol. The third-order valence-electron chi connectivity index (χ3n) is 6.45. The predicted octanol–water partition coefficient (Wildman–Crippen LogP) is 4.86. The number of benzene rings is 1. The highest BCUT2D eigenvalue weighted by atomic mass is 35.5. The third kappa shape index (κ3) is 4.31. The summed E-state index contributed by atoms with van der Waals surface area (Å²) in [7, 11) is 3.48. The second kappa shape index (κ2) is 9.47. The molecule has 1 aromatic carbocycles. The molecule has 8 nitrogen and oxygen atoms in total. The molecule has 9 heteroatoms. The Morgan fingerprint density at radius 1 is 1.27 bits per heavy atom. The van der Waals surface area contributed by atoms with Crippen LogP contribution < -0.4 is 10.6 Å². The van der Waals surface area contributed by atoms with E-state index in [9.17, 15) is 9.59 Å². The van der Waals surface area contributed by atoms with Crippen molar-refractivity contribution in [3.8, 4) is 0 Å².